The molecule has 3 heteroatoms. The number of hydrogen-bond donors (Lipinski definition) is 1. The van der Waals surface area contributed by atoms with Gasteiger partial charge in [0.2, 0.25) is 5.91 Å². The molecule has 1 heterocycles. The predicted molar refractivity (Wildman–Crippen MR) is 88.0 cm³/mol. The van der Waals surface area contributed by atoms with Crippen molar-refractivity contribution in [3.63, 3.8) is 0 Å². The van der Waals surface area contributed by atoms with Gasteiger partial charge in [0.05, 0.1) is 12.2 Å². The zero-order valence-corrected chi connectivity index (χ0v) is 14.4. The van der Waals surface area contributed by atoms with Crippen molar-refractivity contribution in [2.24, 2.45) is 11.8 Å². The van der Waals surface area contributed by atoms with Gasteiger partial charge >= 0.3 is 0 Å². The summed E-state index contributed by atoms with van der Waals surface area (Å²) in [6.45, 7) is 8.93. The van der Waals surface area contributed by atoms with E-state index in [9.17, 15) is 4.79 Å². The van der Waals surface area contributed by atoms with E-state index in [1.807, 2.05) is 0 Å². The topological polar surface area (TPSA) is 32.3 Å². The third kappa shape index (κ3) is 3.80. The molecule has 0 aromatic heterocycles. The summed E-state index contributed by atoms with van der Waals surface area (Å²) in [6, 6.07) is 0.540. The van der Waals surface area contributed by atoms with Gasteiger partial charge in [0, 0.05) is 6.04 Å². The van der Waals surface area contributed by atoms with Crippen LogP contribution >= 0.6 is 0 Å². The molecule has 1 saturated carbocycles. The standard InChI is InChI=1S/C18H34N2O/c1-5-9-17-19-15(12-13(3)4)18(21)20(17)16-11-8-7-10-14(16)6-2/h13-17,19H,5-12H2,1-4H3. The lowest BCUT2D eigenvalue weighted by molar-refractivity contribution is -0.134. The molecule has 2 aliphatic rings. The molecule has 1 N–H and O–H groups in total. The van der Waals surface area contributed by atoms with E-state index < -0.39 is 0 Å². The van der Waals surface area contributed by atoms with Gasteiger partial charge in [-0.1, -0.05) is 53.4 Å². The van der Waals surface area contributed by atoms with Crippen molar-refractivity contribution in [1.29, 1.82) is 0 Å². The summed E-state index contributed by atoms with van der Waals surface area (Å²) < 4.78 is 0. The van der Waals surface area contributed by atoms with Crippen molar-refractivity contribution < 1.29 is 4.79 Å². The summed E-state index contributed by atoms with van der Waals surface area (Å²) in [6.07, 6.45) is 9.84. The zero-order chi connectivity index (χ0) is 15.4. The first kappa shape index (κ1) is 16.8. The maximum atomic E-state index is 13.0. The lowest BCUT2D eigenvalue weighted by atomic mass is 9.81. The summed E-state index contributed by atoms with van der Waals surface area (Å²) >= 11 is 0. The third-order valence-electron chi connectivity index (χ3n) is 5.30. The largest absolute Gasteiger partial charge is 0.323 e. The van der Waals surface area contributed by atoms with Crippen molar-refractivity contribution in [3.8, 4) is 0 Å². The van der Waals surface area contributed by atoms with E-state index in [-0.39, 0.29) is 12.2 Å². The molecule has 0 spiro atoms. The van der Waals surface area contributed by atoms with Gasteiger partial charge in [-0.05, 0) is 37.5 Å². The molecule has 3 nitrogen and oxygen atoms in total. The van der Waals surface area contributed by atoms with E-state index in [1.165, 1.54) is 32.1 Å². The average Bonchev–Trinajstić information content (AvgIpc) is 2.75. The monoisotopic (exact) mass is 294 g/mol. The van der Waals surface area contributed by atoms with E-state index in [2.05, 4.69) is 37.9 Å². The molecule has 1 saturated heterocycles. The second kappa shape index (κ2) is 7.62. The summed E-state index contributed by atoms with van der Waals surface area (Å²) in [4.78, 5) is 15.2. The fourth-order valence-electron chi connectivity index (χ4n) is 4.28. The van der Waals surface area contributed by atoms with Crippen LogP contribution in [0.3, 0.4) is 0 Å². The Morgan fingerprint density at radius 2 is 1.95 bits per heavy atom. The van der Waals surface area contributed by atoms with Gasteiger partial charge in [0.15, 0.2) is 0 Å². The number of amides is 1. The summed E-state index contributed by atoms with van der Waals surface area (Å²) in [5.41, 5.74) is 0. The van der Waals surface area contributed by atoms with Crippen LogP contribution in [-0.2, 0) is 4.79 Å². The predicted octanol–water partition coefficient (Wildman–Crippen LogP) is 3.93. The average molecular weight is 294 g/mol. The van der Waals surface area contributed by atoms with Crippen LogP contribution in [0, 0.1) is 11.8 Å². The maximum absolute atomic E-state index is 13.0. The number of carbonyl (C=O) groups excluding carboxylic acids is 1. The number of hydrogen-bond acceptors (Lipinski definition) is 2. The van der Waals surface area contributed by atoms with E-state index >= 15 is 0 Å². The van der Waals surface area contributed by atoms with Gasteiger partial charge in [-0.25, -0.2) is 0 Å². The van der Waals surface area contributed by atoms with Gasteiger partial charge in [0.25, 0.3) is 0 Å². The summed E-state index contributed by atoms with van der Waals surface area (Å²) in [7, 11) is 0. The smallest absolute Gasteiger partial charge is 0.241 e. The minimum Gasteiger partial charge on any atom is -0.323 e. The van der Waals surface area contributed by atoms with Crippen LogP contribution in [0.5, 0.6) is 0 Å². The van der Waals surface area contributed by atoms with Crippen LogP contribution in [0.4, 0.5) is 0 Å². The molecule has 2 fully saturated rings. The van der Waals surface area contributed by atoms with Gasteiger partial charge in [-0.2, -0.15) is 0 Å². The first-order valence-electron chi connectivity index (χ1n) is 9.16. The SMILES string of the molecule is CCCC1NC(CC(C)C)C(=O)N1C1CCCCC1CC. The molecule has 21 heavy (non-hydrogen) atoms. The fourth-order valence-corrected chi connectivity index (χ4v) is 4.28. The number of nitrogens with one attached hydrogen (secondary N) is 1. The van der Waals surface area contributed by atoms with E-state index in [1.54, 1.807) is 0 Å². The zero-order valence-electron chi connectivity index (χ0n) is 14.4. The number of rotatable bonds is 6. The highest BCUT2D eigenvalue weighted by Crippen LogP contribution is 2.34. The Kier molecular flexibility index (Phi) is 6.09. The highest BCUT2D eigenvalue weighted by molar-refractivity contribution is 5.84. The molecule has 0 aromatic rings. The Hall–Kier alpha value is -0.570. The molecular formula is C18H34N2O. The molecule has 4 atom stereocenters. The summed E-state index contributed by atoms with van der Waals surface area (Å²) in [5, 5.41) is 3.64. The number of carbonyl (C=O) groups is 1. The van der Waals surface area contributed by atoms with Gasteiger partial charge in [-0.3, -0.25) is 10.1 Å². The van der Waals surface area contributed by atoms with Gasteiger partial charge < -0.3 is 4.90 Å². The Bertz CT molecular complexity index is 342. The lowest BCUT2D eigenvalue weighted by Crippen LogP contribution is -2.49. The molecule has 1 aliphatic heterocycles. The molecule has 0 aromatic carbocycles. The maximum Gasteiger partial charge on any atom is 0.241 e. The molecule has 1 aliphatic carbocycles. The molecule has 1 amide bonds. The minimum absolute atomic E-state index is 0.0565. The highest BCUT2D eigenvalue weighted by atomic mass is 16.2. The second-order valence-corrected chi connectivity index (χ2v) is 7.42. The lowest BCUT2D eigenvalue weighted by Gasteiger charge is -2.40. The molecule has 0 bridgehead atoms. The Balaban J connectivity index is 2.14. The molecule has 122 valence electrons. The van der Waals surface area contributed by atoms with Crippen LogP contribution in [0.1, 0.15) is 79.1 Å². The Morgan fingerprint density at radius 1 is 1.24 bits per heavy atom. The summed E-state index contributed by atoms with van der Waals surface area (Å²) in [5.74, 6) is 1.66. The molecule has 4 unspecified atom stereocenters. The van der Waals surface area contributed by atoms with Crippen molar-refractivity contribution >= 4 is 5.91 Å². The van der Waals surface area contributed by atoms with Crippen molar-refractivity contribution in [3.05, 3.63) is 0 Å². The van der Waals surface area contributed by atoms with E-state index in [0.29, 0.717) is 23.8 Å². The first-order chi connectivity index (χ1) is 10.1. The van der Waals surface area contributed by atoms with Crippen LogP contribution in [-0.4, -0.2) is 29.1 Å². The number of nitrogens with zero attached hydrogens (tertiary/aromatic N) is 1. The molecule has 0 radical (unpaired) electrons. The van der Waals surface area contributed by atoms with Gasteiger partial charge in [-0.15, -0.1) is 0 Å². The highest BCUT2D eigenvalue weighted by Gasteiger charge is 2.44. The van der Waals surface area contributed by atoms with Crippen molar-refractivity contribution in [2.75, 3.05) is 0 Å². The van der Waals surface area contributed by atoms with E-state index in [0.717, 1.165) is 19.3 Å². The third-order valence-corrected chi connectivity index (χ3v) is 5.30. The molecular weight excluding hydrogens is 260 g/mol. The van der Waals surface area contributed by atoms with Crippen molar-refractivity contribution in [1.82, 2.24) is 10.2 Å². The minimum atomic E-state index is 0.0565. The van der Waals surface area contributed by atoms with Crippen LogP contribution < -0.4 is 5.32 Å². The van der Waals surface area contributed by atoms with Gasteiger partial charge in [0.1, 0.15) is 0 Å². The fraction of sp³-hybridized carbons (Fsp3) is 0.944. The van der Waals surface area contributed by atoms with Crippen LogP contribution in [0.25, 0.3) is 0 Å². The quantitative estimate of drug-likeness (QED) is 0.805. The Morgan fingerprint density at radius 3 is 2.57 bits per heavy atom. The van der Waals surface area contributed by atoms with E-state index in [4.69, 9.17) is 0 Å². The Labute approximate surface area is 130 Å². The van der Waals surface area contributed by atoms with Crippen LogP contribution in [0.2, 0.25) is 0 Å². The molecule has 2 rings (SSSR count). The normalized spacial score (nSPS) is 34.0. The first-order valence-corrected chi connectivity index (χ1v) is 9.16. The van der Waals surface area contributed by atoms with Crippen LogP contribution in [0.15, 0.2) is 0 Å². The second-order valence-electron chi connectivity index (χ2n) is 7.42. The van der Waals surface area contributed by atoms with Crippen molar-refractivity contribution in [2.45, 2.75) is 97.3 Å².